The third-order valence-electron chi connectivity index (χ3n) is 2.51. The van der Waals surface area contributed by atoms with E-state index in [0.29, 0.717) is 12.1 Å². The Morgan fingerprint density at radius 1 is 1.47 bits per heavy atom. The van der Waals surface area contributed by atoms with E-state index in [1.165, 1.54) is 0 Å². The summed E-state index contributed by atoms with van der Waals surface area (Å²) in [7, 11) is 1.76. The Morgan fingerprint density at radius 3 is 2.94 bits per heavy atom. The van der Waals surface area contributed by atoms with Gasteiger partial charge in [-0.1, -0.05) is 0 Å². The van der Waals surface area contributed by atoms with E-state index in [4.69, 9.17) is 10.2 Å². The van der Waals surface area contributed by atoms with Gasteiger partial charge in [0.2, 0.25) is 0 Å². The van der Waals surface area contributed by atoms with Gasteiger partial charge in [-0.15, -0.1) is 0 Å². The number of furan rings is 1. The lowest BCUT2D eigenvalue weighted by Gasteiger charge is -2.18. The summed E-state index contributed by atoms with van der Waals surface area (Å²) in [4.78, 5) is 5.71. The van der Waals surface area contributed by atoms with Crippen molar-refractivity contribution in [2.24, 2.45) is 5.73 Å². The lowest BCUT2D eigenvalue weighted by Crippen LogP contribution is -2.19. The molecule has 2 N–H and O–H groups in total. The summed E-state index contributed by atoms with van der Waals surface area (Å²) >= 11 is 0. The summed E-state index contributed by atoms with van der Waals surface area (Å²) in [5, 5.41) is 0. The fraction of sp³-hybridized carbons (Fsp3) is 0.250. The number of halogens is 1. The van der Waals surface area contributed by atoms with E-state index in [9.17, 15) is 4.39 Å². The van der Waals surface area contributed by atoms with Gasteiger partial charge in [0.1, 0.15) is 5.76 Å². The van der Waals surface area contributed by atoms with Crippen LogP contribution in [-0.4, -0.2) is 12.0 Å². The summed E-state index contributed by atoms with van der Waals surface area (Å²) in [6.45, 7) is 0.626. The van der Waals surface area contributed by atoms with E-state index in [-0.39, 0.29) is 18.2 Å². The number of hydrogen-bond donors (Lipinski definition) is 1. The van der Waals surface area contributed by atoms with Crippen LogP contribution in [0.4, 0.5) is 10.2 Å². The zero-order valence-electron chi connectivity index (χ0n) is 9.56. The zero-order valence-corrected chi connectivity index (χ0v) is 9.56. The number of pyridine rings is 1. The lowest BCUT2D eigenvalue weighted by atomic mass is 10.2. The first-order valence-corrected chi connectivity index (χ1v) is 5.29. The highest BCUT2D eigenvalue weighted by molar-refractivity contribution is 5.42. The summed E-state index contributed by atoms with van der Waals surface area (Å²) in [5.41, 5.74) is 5.91. The van der Waals surface area contributed by atoms with Crippen molar-refractivity contribution >= 4 is 5.82 Å². The molecule has 0 aliphatic heterocycles. The van der Waals surface area contributed by atoms with Gasteiger partial charge < -0.3 is 15.1 Å². The van der Waals surface area contributed by atoms with Gasteiger partial charge >= 0.3 is 0 Å². The van der Waals surface area contributed by atoms with Crippen LogP contribution >= 0.6 is 0 Å². The van der Waals surface area contributed by atoms with Crippen molar-refractivity contribution in [3.05, 3.63) is 47.8 Å². The Kier molecular flexibility index (Phi) is 3.39. The van der Waals surface area contributed by atoms with Crippen molar-refractivity contribution in [2.75, 3.05) is 11.9 Å². The van der Waals surface area contributed by atoms with Crippen LogP contribution in [-0.2, 0) is 13.1 Å². The first kappa shape index (κ1) is 11.6. The van der Waals surface area contributed by atoms with Crippen molar-refractivity contribution in [1.82, 2.24) is 4.98 Å². The maximum atomic E-state index is 13.9. The molecule has 2 aromatic heterocycles. The molecule has 2 rings (SSSR count). The molecule has 0 saturated heterocycles. The summed E-state index contributed by atoms with van der Waals surface area (Å²) in [6.07, 6.45) is 3.14. The zero-order chi connectivity index (χ0) is 12.3. The molecule has 0 bridgehead atoms. The Bertz CT molecular complexity index is 485. The minimum absolute atomic E-state index is 0.163. The van der Waals surface area contributed by atoms with Gasteiger partial charge in [-0.05, 0) is 18.2 Å². The van der Waals surface area contributed by atoms with E-state index < -0.39 is 0 Å². The van der Waals surface area contributed by atoms with Crippen LogP contribution in [0.25, 0.3) is 0 Å². The molecule has 5 heteroatoms. The molecule has 4 nitrogen and oxygen atoms in total. The van der Waals surface area contributed by atoms with Gasteiger partial charge in [0.15, 0.2) is 11.6 Å². The number of aromatic nitrogens is 1. The molecule has 0 fully saturated rings. The van der Waals surface area contributed by atoms with Gasteiger partial charge in [-0.25, -0.2) is 9.37 Å². The standard InChI is InChI=1S/C12H14FN3O/c1-16(8-10-3-2-6-17-10)12-11(13)9(7-14)4-5-15-12/h2-6H,7-8,14H2,1H3. The maximum absolute atomic E-state index is 13.9. The molecule has 0 aromatic carbocycles. The van der Waals surface area contributed by atoms with Gasteiger partial charge in [0.05, 0.1) is 12.8 Å². The Hall–Kier alpha value is -1.88. The highest BCUT2D eigenvalue weighted by atomic mass is 19.1. The molecule has 90 valence electrons. The smallest absolute Gasteiger partial charge is 0.170 e. The molecule has 0 atom stereocenters. The molecular formula is C12H14FN3O. The molecule has 2 heterocycles. The lowest BCUT2D eigenvalue weighted by molar-refractivity contribution is 0.504. The molecular weight excluding hydrogens is 221 g/mol. The molecule has 0 amide bonds. The normalized spacial score (nSPS) is 10.5. The monoisotopic (exact) mass is 235 g/mol. The Balaban J connectivity index is 2.22. The van der Waals surface area contributed by atoms with Crippen LogP contribution in [0.3, 0.4) is 0 Å². The fourth-order valence-electron chi connectivity index (χ4n) is 1.61. The number of anilines is 1. The van der Waals surface area contributed by atoms with Crippen LogP contribution in [0.5, 0.6) is 0 Å². The molecule has 0 radical (unpaired) electrons. The minimum Gasteiger partial charge on any atom is -0.467 e. The predicted octanol–water partition coefficient (Wildman–Crippen LogP) is 1.91. The average molecular weight is 235 g/mol. The molecule has 2 aromatic rings. The van der Waals surface area contributed by atoms with Gasteiger partial charge in [0.25, 0.3) is 0 Å². The SMILES string of the molecule is CN(Cc1ccco1)c1nccc(CN)c1F. The Morgan fingerprint density at radius 2 is 2.29 bits per heavy atom. The minimum atomic E-state index is -0.371. The van der Waals surface area contributed by atoms with Gasteiger partial charge in [-0.2, -0.15) is 0 Å². The van der Waals surface area contributed by atoms with Crippen LogP contribution in [0.2, 0.25) is 0 Å². The predicted molar refractivity (Wildman–Crippen MR) is 62.9 cm³/mol. The third-order valence-corrected chi connectivity index (χ3v) is 2.51. The Labute approximate surface area is 98.9 Å². The topological polar surface area (TPSA) is 55.3 Å². The van der Waals surface area contributed by atoms with Crippen molar-refractivity contribution in [3.8, 4) is 0 Å². The second-order valence-electron chi connectivity index (χ2n) is 3.75. The highest BCUT2D eigenvalue weighted by Gasteiger charge is 2.13. The molecule has 0 aliphatic carbocycles. The largest absolute Gasteiger partial charge is 0.467 e. The number of hydrogen-bond acceptors (Lipinski definition) is 4. The first-order chi connectivity index (χ1) is 8.22. The number of nitrogens with two attached hydrogens (primary N) is 1. The van der Waals surface area contributed by atoms with E-state index >= 15 is 0 Å². The first-order valence-electron chi connectivity index (χ1n) is 5.29. The van der Waals surface area contributed by atoms with Crippen molar-refractivity contribution < 1.29 is 8.81 Å². The second-order valence-corrected chi connectivity index (χ2v) is 3.75. The quantitative estimate of drug-likeness (QED) is 0.879. The summed E-state index contributed by atoms with van der Waals surface area (Å²) < 4.78 is 19.1. The van der Waals surface area contributed by atoms with E-state index in [1.807, 2.05) is 6.07 Å². The van der Waals surface area contributed by atoms with Crippen molar-refractivity contribution in [1.29, 1.82) is 0 Å². The molecule has 0 aliphatic rings. The molecule has 0 spiro atoms. The van der Waals surface area contributed by atoms with Crippen molar-refractivity contribution in [2.45, 2.75) is 13.1 Å². The van der Waals surface area contributed by atoms with E-state index in [1.54, 1.807) is 36.5 Å². The summed E-state index contributed by atoms with van der Waals surface area (Å²) in [5.74, 6) is 0.667. The molecule has 0 unspecified atom stereocenters. The number of rotatable bonds is 4. The van der Waals surface area contributed by atoms with Gasteiger partial charge in [0, 0.05) is 25.4 Å². The molecule has 17 heavy (non-hydrogen) atoms. The van der Waals surface area contributed by atoms with Crippen LogP contribution in [0.1, 0.15) is 11.3 Å². The highest BCUT2D eigenvalue weighted by Crippen LogP contribution is 2.19. The van der Waals surface area contributed by atoms with Crippen LogP contribution in [0, 0.1) is 5.82 Å². The summed E-state index contributed by atoms with van der Waals surface area (Å²) in [6, 6.07) is 5.21. The average Bonchev–Trinajstić information content (AvgIpc) is 2.82. The van der Waals surface area contributed by atoms with Crippen LogP contribution < -0.4 is 10.6 Å². The van der Waals surface area contributed by atoms with E-state index in [2.05, 4.69) is 4.98 Å². The molecule has 0 saturated carbocycles. The van der Waals surface area contributed by atoms with Gasteiger partial charge in [-0.3, -0.25) is 0 Å². The van der Waals surface area contributed by atoms with Crippen LogP contribution in [0.15, 0.2) is 35.1 Å². The van der Waals surface area contributed by atoms with Crippen molar-refractivity contribution in [3.63, 3.8) is 0 Å². The van der Waals surface area contributed by atoms with E-state index in [0.717, 1.165) is 5.76 Å². The second kappa shape index (κ2) is 4.97. The number of nitrogens with zero attached hydrogens (tertiary/aromatic N) is 2. The third kappa shape index (κ3) is 2.45. The maximum Gasteiger partial charge on any atom is 0.170 e. The fourth-order valence-corrected chi connectivity index (χ4v) is 1.61.